The fraction of sp³-hybridized carbons (Fsp3) is 0.462. The minimum atomic E-state index is -0.238. The third-order valence-electron chi connectivity index (χ3n) is 2.40. The highest BCUT2D eigenvalue weighted by atomic mass is 19.1. The fourth-order valence-corrected chi connectivity index (χ4v) is 1.59. The van der Waals surface area contributed by atoms with Gasteiger partial charge < -0.3 is 10.6 Å². The normalized spacial score (nSPS) is 12.2. The zero-order chi connectivity index (χ0) is 12.7. The number of likely N-dealkylation sites (N-methyl/N-ethyl adjacent to an activating group) is 1. The third-order valence-corrected chi connectivity index (χ3v) is 2.40. The molecule has 1 atom stereocenters. The molecule has 1 aromatic carbocycles. The molecule has 1 amide bonds. The molecule has 2 N–H and O–H groups in total. The van der Waals surface area contributed by atoms with Gasteiger partial charge in [-0.25, -0.2) is 4.39 Å². The third kappa shape index (κ3) is 5.45. The molecule has 0 saturated carbocycles. The molecule has 1 rings (SSSR count). The van der Waals surface area contributed by atoms with Crippen molar-refractivity contribution < 1.29 is 9.18 Å². The molecular formula is C13H19FN2O. The smallest absolute Gasteiger partial charge is 0.234 e. The average Bonchev–Trinajstić information content (AvgIpc) is 2.29. The van der Waals surface area contributed by atoms with E-state index in [0.717, 1.165) is 12.1 Å². The number of hydrogen-bond acceptors (Lipinski definition) is 2. The van der Waals surface area contributed by atoms with E-state index < -0.39 is 0 Å². The first kappa shape index (κ1) is 13.6. The first-order chi connectivity index (χ1) is 8.11. The maximum Gasteiger partial charge on any atom is 0.234 e. The van der Waals surface area contributed by atoms with Gasteiger partial charge >= 0.3 is 0 Å². The van der Waals surface area contributed by atoms with Crippen LogP contribution in [0.5, 0.6) is 0 Å². The molecule has 0 aliphatic carbocycles. The van der Waals surface area contributed by atoms with Gasteiger partial charge in [0, 0.05) is 6.04 Å². The van der Waals surface area contributed by atoms with Gasteiger partial charge in [0.05, 0.1) is 6.54 Å². The van der Waals surface area contributed by atoms with E-state index in [-0.39, 0.29) is 17.8 Å². The molecule has 0 fully saturated rings. The minimum Gasteiger partial charge on any atom is -0.352 e. The van der Waals surface area contributed by atoms with E-state index in [4.69, 9.17) is 0 Å². The van der Waals surface area contributed by atoms with Gasteiger partial charge in [-0.1, -0.05) is 19.1 Å². The van der Waals surface area contributed by atoms with Crippen LogP contribution in [0.1, 0.15) is 19.4 Å². The summed E-state index contributed by atoms with van der Waals surface area (Å²) in [4.78, 5) is 11.4. The van der Waals surface area contributed by atoms with E-state index in [1.54, 1.807) is 12.1 Å². The van der Waals surface area contributed by atoms with Gasteiger partial charge in [0.1, 0.15) is 5.82 Å². The molecule has 0 spiro atoms. The average molecular weight is 238 g/mol. The number of carbonyl (C=O) groups is 1. The molecule has 17 heavy (non-hydrogen) atoms. The molecule has 4 heteroatoms. The van der Waals surface area contributed by atoms with E-state index in [9.17, 15) is 9.18 Å². The summed E-state index contributed by atoms with van der Waals surface area (Å²) in [7, 11) is 0. The Morgan fingerprint density at radius 2 is 2.00 bits per heavy atom. The van der Waals surface area contributed by atoms with Crippen LogP contribution in [0.2, 0.25) is 0 Å². The van der Waals surface area contributed by atoms with Crippen molar-refractivity contribution in [2.45, 2.75) is 26.3 Å². The van der Waals surface area contributed by atoms with Gasteiger partial charge in [-0.05, 0) is 37.6 Å². The van der Waals surface area contributed by atoms with Gasteiger partial charge in [0.2, 0.25) is 5.91 Å². The van der Waals surface area contributed by atoms with Crippen LogP contribution in [0.3, 0.4) is 0 Å². The second-order valence-corrected chi connectivity index (χ2v) is 4.08. The second-order valence-electron chi connectivity index (χ2n) is 4.08. The van der Waals surface area contributed by atoms with Crippen LogP contribution >= 0.6 is 0 Å². The van der Waals surface area contributed by atoms with Crippen LogP contribution < -0.4 is 10.6 Å². The van der Waals surface area contributed by atoms with Crippen molar-refractivity contribution in [3.8, 4) is 0 Å². The SMILES string of the molecule is CCNCC(=O)NC(C)Cc1ccc(F)cc1. The van der Waals surface area contributed by atoms with Crippen molar-refractivity contribution in [1.82, 2.24) is 10.6 Å². The zero-order valence-corrected chi connectivity index (χ0v) is 10.3. The summed E-state index contributed by atoms with van der Waals surface area (Å²) >= 11 is 0. The number of amides is 1. The number of benzene rings is 1. The molecule has 94 valence electrons. The molecule has 0 aromatic heterocycles. The van der Waals surface area contributed by atoms with Crippen LogP contribution in [0.25, 0.3) is 0 Å². The topological polar surface area (TPSA) is 41.1 Å². The lowest BCUT2D eigenvalue weighted by atomic mass is 10.1. The van der Waals surface area contributed by atoms with Crippen molar-refractivity contribution in [2.24, 2.45) is 0 Å². The van der Waals surface area contributed by atoms with Crippen LogP contribution in [0.4, 0.5) is 4.39 Å². The van der Waals surface area contributed by atoms with Crippen LogP contribution in [-0.2, 0) is 11.2 Å². The predicted octanol–water partition coefficient (Wildman–Crippen LogP) is 1.48. The minimum absolute atomic E-state index is 0.0125. The Kier molecular flexibility index (Phi) is 5.63. The van der Waals surface area contributed by atoms with E-state index in [1.807, 2.05) is 13.8 Å². The van der Waals surface area contributed by atoms with E-state index in [0.29, 0.717) is 13.0 Å². The molecule has 3 nitrogen and oxygen atoms in total. The van der Waals surface area contributed by atoms with Gasteiger partial charge in [-0.15, -0.1) is 0 Å². The van der Waals surface area contributed by atoms with Crippen molar-refractivity contribution in [1.29, 1.82) is 0 Å². The zero-order valence-electron chi connectivity index (χ0n) is 10.3. The highest BCUT2D eigenvalue weighted by Gasteiger charge is 2.07. The maximum atomic E-state index is 12.7. The molecule has 0 radical (unpaired) electrons. The number of nitrogens with one attached hydrogen (secondary N) is 2. The Balaban J connectivity index is 2.36. The fourth-order valence-electron chi connectivity index (χ4n) is 1.59. The Hall–Kier alpha value is -1.42. The largest absolute Gasteiger partial charge is 0.352 e. The van der Waals surface area contributed by atoms with Crippen molar-refractivity contribution in [2.75, 3.05) is 13.1 Å². The summed E-state index contributed by atoms with van der Waals surface area (Å²) in [5, 5.41) is 5.85. The summed E-state index contributed by atoms with van der Waals surface area (Å²) in [6.45, 7) is 5.01. The molecule has 1 aromatic rings. The van der Waals surface area contributed by atoms with Gasteiger partial charge in [0.15, 0.2) is 0 Å². The Morgan fingerprint density at radius 3 is 2.59 bits per heavy atom. The van der Waals surface area contributed by atoms with Gasteiger partial charge in [-0.3, -0.25) is 4.79 Å². The van der Waals surface area contributed by atoms with E-state index in [1.165, 1.54) is 12.1 Å². The first-order valence-corrected chi connectivity index (χ1v) is 5.86. The number of carbonyl (C=O) groups excluding carboxylic acids is 1. The van der Waals surface area contributed by atoms with Crippen LogP contribution in [0, 0.1) is 5.82 Å². The summed E-state index contributed by atoms with van der Waals surface area (Å²) < 4.78 is 12.7. The summed E-state index contributed by atoms with van der Waals surface area (Å²) in [6.07, 6.45) is 0.706. The monoisotopic (exact) mass is 238 g/mol. The lowest BCUT2D eigenvalue weighted by molar-refractivity contribution is -0.120. The first-order valence-electron chi connectivity index (χ1n) is 5.86. The molecule has 0 aliphatic heterocycles. The number of halogens is 1. The molecule has 0 bridgehead atoms. The standard InChI is InChI=1S/C13H19FN2O/c1-3-15-9-13(17)16-10(2)8-11-4-6-12(14)7-5-11/h4-7,10,15H,3,8-9H2,1-2H3,(H,16,17). The molecule has 0 aliphatic rings. The Bertz CT molecular complexity index is 351. The molecular weight excluding hydrogens is 219 g/mol. The maximum absolute atomic E-state index is 12.7. The van der Waals surface area contributed by atoms with Crippen molar-refractivity contribution in [3.63, 3.8) is 0 Å². The number of rotatable bonds is 6. The van der Waals surface area contributed by atoms with Crippen LogP contribution in [0.15, 0.2) is 24.3 Å². The van der Waals surface area contributed by atoms with Gasteiger partial charge in [-0.2, -0.15) is 0 Å². The molecule has 1 unspecified atom stereocenters. The van der Waals surface area contributed by atoms with Gasteiger partial charge in [0.25, 0.3) is 0 Å². The second kappa shape index (κ2) is 7.01. The Labute approximate surface area is 101 Å². The lowest BCUT2D eigenvalue weighted by Crippen LogP contribution is -2.39. The molecule has 0 saturated heterocycles. The summed E-state index contributed by atoms with van der Waals surface area (Å²) in [5.41, 5.74) is 1.02. The highest BCUT2D eigenvalue weighted by molar-refractivity contribution is 5.78. The molecule has 0 heterocycles. The summed E-state index contributed by atoms with van der Waals surface area (Å²) in [6, 6.07) is 6.39. The quantitative estimate of drug-likeness (QED) is 0.788. The Morgan fingerprint density at radius 1 is 1.35 bits per heavy atom. The van der Waals surface area contributed by atoms with Crippen LogP contribution in [-0.4, -0.2) is 25.0 Å². The van der Waals surface area contributed by atoms with E-state index >= 15 is 0 Å². The highest BCUT2D eigenvalue weighted by Crippen LogP contribution is 2.05. The van der Waals surface area contributed by atoms with Crippen molar-refractivity contribution >= 4 is 5.91 Å². The summed E-state index contributed by atoms with van der Waals surface area (Å²) in [5.74, 6) is -0.251. The van der Waals surface area contributed by atoms with Crippen molar-refractivity contribution in [3.05, 3.63) is 35.6 Å². The number of hydrogen-bond donors (Lipinski definition) is 2. The lowest BCUT2D eigenvalue weighted by Gasteiger charge is -2.14. The predicted molar refractivity (Wildman–Crippen MR) is 66.3 cm³/mol. The van der Waals surface area contributed by atoms with E-state index in [2.05, 4.69) is 10.6 Å².